The topological polar surface area (TPSA) is 70.6 Å². The van der Waals surface area contributed by atoms with E-state index in [1.165, 1.54) is 4.90 Å². The first-order chi connectivity index (χ1) is 10.2. The van der Waals surface area contributed by atoms with Gasteiger partial charge >= 0.3 is 0 Å². The van der Waals surface area contributed by atoms with Crippen LogP contribution >= 0.6 is 11.8 Å². The molecule has 1 atom stereocenters. The highest BCUT2D eigenvalue weighted by molar-refractivity contribution is 7.98. The van der Waals surface area contributed by atoms with E-state index in [9.17, 15) is 0 Å². The van der Waals surface area contributed by atoms with Gasteiger partial charge in [-0.05, 0) is 30.0 Å². The zero-order chi connectivity index (χ0) is 15.1. The van der Waals surface area contributed by atoms with Gasteiger partial charge < -0.3 is 16.3 Å². The first-order valence-electron chi connectivity index (χ1n) is 6.65. The van der Waals surface area contributed by atoms with Gasteiger partial charge in [-0.1, -0.05) is 41.6 Å². The zero-order valence-corrected chi connectivity index (χ0v) is 12.7. The summed E-state index contributed by atoms with van der Waals surface area (Å²) in [4.78, 5) is 1.19. The summed E-state index contributed by atoms with van der Waals surface area (Å²) in [5, 5.41) is 15.5. The Kier molecular flexibility index (Phi) is 5.51. The van der Waals surface area contributed by atoms with E-state index in [0.717, 1.165) is 11.3 Å². The van der Waals surface area contributed by atoms with Crippen LogP contribution in [-0.2, 0) is 0 Å². The summed E-state index contributed by atoms with van der Waals surface area (Å²) in [5.74, 6) is 0.0313. The quantitative estimate of drug-likeness (QED) is 0.251. The first-order valence-corrected chi connectivity index (χ1v) is 7.87. The summed E-state index contributed by atoms with van der Waals surface area (Å²) in [6.07, 6.45) is 2.04. The fraction of sp³-hybridized carbons (Fsp3) is 0.188. The maximum Gasteiger partial charge on any atom is 0.148 e. The number of hydrogen-bond acceptors (Lipinski definition) is 4. The number of rotatable bonds is 6. The number of anilines is 1. The number of benzene rings is 2. The summed E-state index contributed by atoms with van der Waals surface area (Å²) in [6, 6.07) is 18.0. The molecule has 0 amide bonds. The van der Waals surface area contributed by atoms with Crippen molar-refractivity contribution in [3.63, 3.8) is 0 Å². The zero-order valence-electron chi connectivity index (χ0n) is 11.9. The third-order valence-electron chi connectivity index (χ3n) is 3.25. The highest BCUT2D eigenvalue weighted by atomic mass is 32.2. The van der Waals surface area contributed by atoms with Crippen LogP contribution in [0.5, 0.6) is 0 Å². The van der Waals surface area contributed by atoms with Crippen LogP contribution in [0.1, 0.15) is 11.5 Å². The normalized spacial score (nSPS) is 12.9. The average Bonchev–Trinajstić information content (AvgIpc) is 2.56. The molecule has 0 aromatic heterocycles. The number of nitrogens with two attached hydrogens (primary N) is 1. The number of oxime groups is 1. The molecule has 110 valence electrons. The molecule has 0 spiro atoms. The molecule has 0 bridgehead atoms. The van der Waals surface area contributed by atoms with E-state index in [-0.39, 0.29) is 11.8 Å². The monoisotopic (exact) mass is 301 g/mol. The third-order valence-corrected chi connectivity index (χ3v) is 3.98. The van der Waals surface area contributed by atoms with Gasteiger partial charge in [0.2, 0.25) is 0 Å². The van der Waals surface area contributed by atoms with Crippen LogP contribution in [0.3, 0.4) is 0 Å². The fourth-order valence-electron chi connectivity index (χ4n) is 2.10. The standard InChI is InChI=1S/C16H19N3OS/c1-21-14-9-5-8-13(10-14)18-11-15(16(17)19-20)12-6-3-2-4-7-12/h2-10,15,18,20H,11H2,1H3,(H2,17,19). The van der Waals surface area contributed by atoms with Gasteiger partial charge in [0, 0.05) is 17.1 Å². The van der Waals surface area contributed by atoms with E-state index in [4.69, 9.17) is 10.9 Å². The molecular formula is C16H19N3OS. The molecule has 0 aliphatic rings. The van der Waals surface area contributed by atoms with Gasteiger partial charge in [0.25, 0.3) is 0 Å². The predicted molar refractivity (Wildman–Crippen MR) is 89.3 cm³/mol. The predicted octanol–water partition coefficient (Wildman–Crippen LogP) is 3.35. The molecule has 4 N–H and O–H groups in total. The number of nitrogens with zero attached hydrogens (tertiary/aromatic N) is 1. The van der Waals surface area contributed by atoms with E-state index in [1.54, 1.807) is 11.8 Å². The third kappa shape index (κ3) is 4.16. The van der Waals surface area contributed by atoms with Crippen molar-refractivity contribution in [2.45, 2.75) is 10.8 Å². The molecule has 0 saturated heterocycles. The number of thioether (sulfide) groups is 1. The van der Waals surface area contributed by atoms with E-state index < -0.39 is 0 Å². The Balaban J connectivity index is 2.13. The molecule has 0 aliphatic heterocycles. The Labute approximate surface area is 129 Å². The van der Waals surface area contributed by atoms with Gasteiger partial charge in [0.05, 0.1) is 5.92 Å². The maximum absolute atomic E-state index is 8.98. The van der Waals surface area contributed by atoms with Crippen LogP contribution in [0.25, 0.3) is 0 Å². The minimum Gasteiger partial charge on any atom is -0.409 e. The van der Waals surface area contributed by atoms with Crippen molar-refractivity contribution in [1.29, 1.82) is 0 Å². The Morgan fingerprint density at radius 2 is 2.00 bits per heavy atom. The van der Waals surface area contributed by atoms with Crippen molar-refractivity contribution in [2.24, 2.45) is 10.9 Å². The highest BCUT2D eigenvalue weighted by Crippen LogP contribution is 2.21. The second-order valence-corrected chi connectivity index (χ2v) is 5.48. The van der Waals surface area contributed by atoms with Crippen molar-refractivity contribution in [1.82, 2.24) is 0 Å². The van der Waals surface area contributed by atoms with Crippen LogP contribution in [0.4, 0.5) is 5.69 Å². The number of nitrogens with one attached hydrogen (secondary N) is 1. The lowest BCUT2D eigenvalue weighted by Crippen LogP contribution is -2.28. The molecular weight excluding hydrogens is 282 g/mol. The molecule has 2 rings (SSSR count). The fourth-order valence-corrected chi connectivity index (χ4v) is 2.56. The van der Waals surface area contributed by atoms with Crippen LogP contribution in [-0.4, -0.2) is 23.8 Å². The number of amidine groups is 1. The van der Waals surface area contributed by atoms with Crippen LogP contribution < -0.4 is 11.1 Å². The minimum atomic E-state index is -0.172. The molecule has 1 unspecified atom stereocenters. The van der Waals surface area contributed by atoms with Gasteiger partial charge in [-0.15, -0.1) is 11.8 Å². The molecule has 0 fully saturated rings. The summed E-state index contributed by atoms with van der Waals surface area (Å²) in [6.45, 7) is 0.567. The van der Waals surface area contributed by atoms with Crippen molar-refractivity contribution in [3.05, 3.63) is 60.2 Å². The lowest BCUT2D eigenvalue weighted by atomic mass is 9.98. The number of hydrogen-bond donors (Lipinski definition) is 3. The van der Waals surface area contributed by atoms with E-state index >= 15 is 0 Å². The van der Waals surface area contributed by atoms with Gasteiger partial charge in [0.1, 0.15) is 5.84 Å². The van der Waals surface area contributed by atoms with Crippen molar-refractivity contribution in [3.8, 4) is 0 Å². The SMILES string of the molecule is CSc1cccc(NCC(C(N)=NO)c2ccccc2)c1. The Morgan fingerprint density at radius 1 is 1.24 bits per heavy atom. The largest absolute Gasteiger partial charge is 0.409 e. The summed E-state index contributed by atoms with van der Waals surface area (Å²) < 4.78 is 0. The molecule has 2 aromatic carbocycles. The molecule has 0 saturated carbocycles. The van der Waals surface area contributed by atoms with E-state index in [1.807, 2.05) is 48.7 Å². The van der Waals surface area contributed by atoms with Crippen LogP contribution in [0.2, 0.25) is 0 Å². The van der Waals surface area contributed by atoms with Gasteiger partial charge in [-0.2, -0.15) is 0 Å². The second kappa shape index (κ2) is 7.59. The minimum absolute atomic E-state index is 0.172. The van der Waals surface area contributed by atoms with E-state index in [0.29, 0.717) is 6.54 Å². The van der Waals surface area contributed by atoms with Crippen molar-refractivity contribution < 1.29 is 5.21 Å². The first kappa shape index (κ1) is 15.3. The van der Waals surface area contributed by atoms with Crippen LogP contribution in [0.15, 0.2) is 64.6 Å². The molecule has 4 nitrogen and oxygen atoms in total. The summed E-state index contributed by atoms with van der Waals surface area (Å²) in [7, 11) is 0. The average molecular weight is 301 g/mol. The van der Waals surface area contributed by atoms with Gasteiger partial charge in [-0.3, -0.25) is 0 Å². The summed E-state index contributed by atoms with van der Waals surface area (Å²) in [5.41, 5.74) is 7.86. The van der Waals surface area contributed by atoms with Crippen molar-refractivity contribution in [2.75, 3.05) is 18.1 Å². The smallest absolute Gasteiger partial charge is 0.148 e. The molecule has 0 heterocycles. The van der Waals surface area contributed by atoms with Gasteiger partial charge in [-0.25, -0.2) is 0 Å². The molecule has 5 heteroatoms. The molecule has 2 aromatic rings. The Hall–Kier alpha value is -2.14. The summed E-state index contributed by atoms with van der Waals surface area (Å²) >= 11 is 1.70. The van der Waals surface area contributed by atoms with E-state index in [2.05, 4.69) is 22.6 Å². The maximum atomic E-state index is 8.98. The molecule has 21 heavy (non-hydrogen) atoms. The Morgan fingerprint density at radius 3 is 2.67 bits per heavy atom. The van der Waals surface area contributed by atoms with Gasteiger partial charge in [0.15, 0.2) is 0 Å². The Bertz CT molecular complexity index is 601. The molecule has 0 radical (unpaired) electrons. The lowest BCUT2D eigenvalue weighted by molar-refractivity contribution is 0.316. The second-order valence-electron chi connectivity index (χ2n) is 4.60. The molecule has 0 aliphatic carbocycles. The van der Waals surface area contributed by atoms with Crippen molar-refractivity contribution >= 4 is 23.3 Å². The highest BCUT2D eigenvalue weighted by Gasteiger charge is 2.16. The van der Waals surface area contributed by atoms with Crippen LogP contribution in [0, 0.1) is 0 Å². The lowest BCUT2D eigenvalue weighted by Gasteiger charge is -2.17.